The average Bonchev–Trinajstić information content (AvgIpc) is 2.76. The van der Waals surface area contributed by atoms with Crippen LogP contribution in [0.3, 0.4) is 0 Å². The molecule has 0 bridgehead atoms. The highest BCUT2D eigenvalue weighted by atomic mass is 16.5. The molecule has 1 saturated carbocycles. The molecule has 3 atom stereocenters. The summed E-state index contributed by atoms with van der Waals surface area (Å²) in [6.07, 6.45) is 2.56. The van der Waals surface area contributed by atoms with Gasteiger partial charge in [-0.1, -0.05) is 12.8 Å². The summed E-state index contributed by atoms with van der Waals surface area (Å²) in [6, 6.07) is 3.39. The van der Waals surface area contributed by atoms with Crippen molar-refractivity contribution in [3.05, 3.63) is 0 Å². The van der Waals surface area contributed by atoms with Crippen molar-refractivity contribution in [2.45, 2.75) is 32.1 Å². The predicted octanol–water partition coefficient (Wildman–Crippen LogP) is 1.13. The van der Waals surface area contributed by atoms with Crippen LogP contribution in [0.25, 0.3) is 0 Å². The lowest BCUT2D eigenvalue weighted by molar-refractivity contribution is -0.165. The number of Topliss-reactive ketones (excluding diaryl/α,β-unsaturated/α-hetero) is 1. The Morgan fingerprint density at radius 2 is 1.91 bits per heavy atom. The highest BCUT2D eigenvalue weighted by Gasteiger charge is 2.59. The summed E-state index contributed by atoms with van der Waals surface area (Å²) < 4.78 is 9.19. The number of nitrogens with zero attached hydrogens (tertiary/aromatic N) is 2. The van der Waals surface area contributed by atoms with Crippen molar-refractivity contribution in [1.29, 1.82) is 10.5 Å². The smallest absolute Gasteiger partial charge is 0.328 e. The maximum absolute atomic E-state index is 12.4. The van der Waals surface area contributed by atoms with Crippen molar-refractivity contribution in [2.24, 2.45) is 17.3 Å². The second-order valence-corrected chi connectivity index (χ2v) is 5.18. The Balaban J connectivity index is 3.47. The zero-order valence-electron chi connectivity index (χ0n) is 12.6. The van der Waals surface area contributed by atoms with E-state index in [-0.39, 0.29) is 18.6 Å². The standard InChI is InChI=1S/C15H18N2O5/c1-21-13(19)11(8-16)15(9-17,14(20)22-2)10-6-4-3-5-7-12(10)18/h10-11H,3-7H2,1-2H3/t10-,11-,15-/m0/s1. The van der Waals surface area contributed by atoms with E-state index < -0.39 is 29.2 Å². The molecule has 0 aliphatic heterocycles. The summed E-state index contributed by atoms with van der Waals surface area (Å²) >= 11 is 0. The first-order valence-corrected chi connectivity index (χ1v) is 6.99. The van der Waals surface area contributed by atoms with E-state index in [0.717, 1.165) is 20.6 Å². The van der Waals surface area contributed by atoms with Gasteiger partial charge in [0.2, 0.25) is 0 Å². The van der Waals surface area contributed by atoms with Crippen LogP contribution >= 0.6 is 0 Å². The minimum Gasteiger partial charge on any atom is -0.468 e. The Labute approximate surface area is 128 Å². The molecule has 1 fully saturated rings. The highest BCUT2D eigenvalue weighted by Crippen LogP contribution is 2.43. The van der Waals surface area contributed by atoms with Gasteiger partial charge in [-0.3, -0.25) is 14.4 Å². The SMILES string of the molecule is COC(=O)[C@H](C#N)[C@@](C#N)(C(=O)OC)[C@H]1CCCCCC1=O. The lowest BCUT2D eigenvalue weighted by Gasteiger charge is -2.32. The van der Waals surface area contributed by atoms with Crippen molar-refractivity contribution in [3.63, 3.8) is 0 Å². The third kappa shape index (κ3) is 2.94. The van der Waals surface area contributed by atoms with Gasteiger partial charge in [-0.2, -0.15) is 10.5 Å². The molecule has 0 unspecified atom stereocenters. The minimum absolute atomic E-state index is 0.213. The Kier molecular flexibility index (Phi) is 6.06. The third-order valence-electron chi connectivity index (χ3n) is 4.08. The van der Waals surface area contributed by atoms with E-state index in [1.807, 2.05) is 0 Å². The van der Waals surface area contributed by atoms with E-state index in [4.69, 9.17) is 0 Å². The van der Waals surface area contributed by atoms with Crippen LogP contribution in [0.5, 0.6) is 0 Å². The monoisotopic (exact) mass is 306 g/mol. The van der Waals surface area contributed by atoms with Gasteiger partial charge in [-0.15, -0.1) is 0 Å². The van der Waals surface area contributed by atoms with E-state index >= 15 is 0 Å². The van der Waals surface area contributed by atoms with Crippen LogP contribution in [0.1, 0.15) is 32.1 Å². The average molecular weight is 306 g/mol. The first-order chi connectivity index (χ1) is 10.5. The molecule has 0 amide bonds. The van der Waals surface area contributed by atoms with Gasteiger partial charge in [0.1, 0.15) is 5.78 Å². The largest absolute Gasteiger partial charge is 0.468 e. The molecule has 1 aliphatic rings. The third-order valence-corrected chi connectivity index (χ3v) is 4.08. The first-order valence-electron chi connectivity index (χ1n) is 6.99. The number of rotatable bonds is 4. The lowest BCUT2D eigenvalue weighted by atomic mass is 9.64. The van der Waals surface area contributed by atoms with E-state index in [1.165, 1.54) is 0 Å². The van der Waals surface area contributed by atoms with Gasteiger partial charge in [-0.25, -0.2) is 0 Å². The fraction of sp³-hybridized carbons (Fsp3) is 0.667. The number of hydrogen-bond donors (Lipinski definition) is 0. The molecule has 22 heavy (non-hydrogen) atoms. The molecule has 0 spiro atoms. The number of nitriles is 2. The maximum atomic E-state index is 12.4. The van der Waals surface area contributed by atoms with Crippen LogP contribution < -0.4 is 0 Å². The van der Waals surface area contributed by atoms with E-state index in [0.29, 0.717) is 12.8 Å². The Morgan fingerprint density at radius 3 is 2.41 bits per heavy atom. The van der Waals surface area contributed by atoms with Gasteiger partial charge >= 0.3 is 11.9 Å². The summed E-state index contributed by atoms with van der Waals surface area (Å²) in [6.45, 7) is 0. The quantitative estimate of drug-likeness (QED) is 0.564. The van der Waals surface area contributed by atoms with Gasteiger partial charge in [-0.05, 0) is 12.8 Å². The Morgan fingerprint density at radius 1 is 1.23 bits per heavy atom. The number of ketones is 1. The number of carbonyl (C=O) groups excluding carboxylic acids is 3. The second-order valence-electron chi connectivity index (χ2n) is 5.18. The van der Waals surface area contributed by atoms with Crippen LogP contribution in [0.2, 0.25) is 0 Å². The van der Waals surface area contributed by atoms with E-state index in [9.17, 15) is 24.9 Å². The molecule has 0 radical (unpaired) electrons. The zero-order valence-corrected chi connectivity index (χ0v) is 12.6. The number of carbonyl (C=O) groups is 3. The first kappa shape index (κ1) is 17.6. The molecule has 0 heterocycles. The molecule has 7 nitrogen and oxygen atoms in total. The molecular weight excluding hydrogens is 288 g/mol. The Hall–Kier alpha value is -2.41. The zero-order chi connectivity index (χ0) is 16.8. The summed E-state index contributed by atoms with van der Waals surface area (Å²) in [5.74, 6) is -5.12. The molecular formula is C15H18N2O5. The maximum Gasteiger partial charge on any atom is 0.328 e. The fourth-order valence-corrected chi connectivity index (χ4v) is 2.92. The van der Waals surface area contributed by atoms with Gasteiger partial charge in [0, 0.05) is 12.3 Å². The van der Waals surface area contributed by atoms with Crippen molar-refractivity contribution in [3.8, 4) is 12.1 Å². The van der Waals surface area contributed by atoms with Crippen molar-refractivity contribution < 1.29 is 23.9 Å². The molecule has 0 saturated heterocycles. The molecule has 0 N–H and O–H groups in total. The summed E-state index contributed by atoms with van der Waals surface area (Å²) in [5.41, 5.74) is -2.17. The van der Waals surface area contributed by atoms with E-state index in [1.54, 1.807) is 12.1 Å². The van der Waals surface area contributed by atoms with Crippen molar-refractivity contribution in [2.75, 3.05) is 14.2 Å². The highest BCUT2D eigenvalue weighted by molar-refractivity contribution is 5.96. The van der Waals surface area contributed by atoms with Crippen LogP contribution in [-0.4, -0.2) is 31.9 Å². The fourth-order valence-electron chi connectivity index (χ4n) is 2.92. The normalized spacial score (nSPS) is 22.2. The second kappa shape index (κ2) is 7.56. The molecule has 1 aliphatic carbocycles. The lowest BCUT2D eigenvalue weighted by Crippen LogP contribution is -2.50. The predicted molar refractivity (Wildman–Crippen MR) is 72.8 cm³/mol. The van der Waals surface area contributed by atoms with Gasteiger partial charge in [0.25, 0.3) is 0 Å². The molecule has 7 heteroatoms. The minimum atomic E-state index is -2.17. The topological polar surface area (TPSA) is 117 Å². The van der Waals surface area contributed by atoms with E-state index in [2.05, 4.69) is 9.47 Å². The number of esters is 2. The number of methoxy groups -OCH3 is 2. The molecule has 0 aromatic heterocycles. The molecule has 118 valence electrons. The van der Waals surface area contributed by atoms with Crippen LogP contribution in [0.4, 0.5) is 0 Å². The molecule has 0 aromatic rings. The molecule has 0 aromatic carbocycles. The summed E-state index contributed by atoms with van der Waals surface area (Å²) in [5, 5.41) is 18.9. The number of hydrogen-bond acceptors (Lipinski definition) is 7. The van der Waals surface area contributed by atoms with Crippen molar-refractivity contribution in [1.82, 2.24) is 0 Å². The Bertz CT molecular complexity index is 545. The summed E-state index contributed by atoms with van der Waals surface area (Å²) in [7, 11) is 2.11. The van der Waals surface area contributed by atoms with Gasteiger partial charge in [0.15, 0.2) is 11.3 Å². The summed E-state index contributed by atoms with van der Waals surface area (Å²) in [4.78, 5) is 36.5. The van der Waals surface area contributed by atoms with Gasteiger partial charge in [0.05, 0.1) is 26.4 Å². The van der Waals surface area contributed by atoms with Gasteiger partial charge < -0.3 is 9.47 Å². The molecule has 1 rings (SSSR count). The van der Waals surface area contributed by atoms with Crippen LogP contribution in [0, 0.1) is 39.9 Å². The van der Waals surface area contributed by atoms with Crippen LogP contribution in [0.15, 0.2) is 0 Å². The van der Waals surface area contributed by atoms with Crippen molar-refractivity contribution >= 4 is 17.7 Å². The number of ether oxygens (including phenoxy) is 2. The van der Waals surface area contributed by atoms with Crippen LogP contribution in [-0.2, 0) is 23.9 Å².